The number of aliphatic imine (C=N–C) groups is 1. The maximum Gasteiger partial charge on any atom is 0.144 e. The van der Waals surface area contributed by atoms with Crippen LogP contribution in [0.5, 0.6) is 5.75 Å². The first-order chi connectivity index (χ1) is 16.2. The minimum atomic E-state index is -0.445. The number of nitrogens with zero attached hydrogens (tertiary/aromatic N) is 3. The first-order valence-corrected chi connectivity index (χ1v) is 11.2. The average molecular weight is 446 g/mol. The van der Waals surface area contributed by atoms with Gasteiger partial charge >= 0.3 is 0 Å². The Labute approximate surface area is 193 Å². The number of ether oxygens (including phenoxy) is 1. The topological polar surface area (TPSA) is 54.3 Å². The molecule has 6 heteroatoms. The third-order valence-corrected chi connectivity index (χ3v) is 6.18. The van der Waals surface area contributed by atoms with Gasteiger partial charge in [0.25, 0.3) is 0 Å². The normalized spacial score (nSPS) is 14.7. The van der Waals surface area contributed by atoms with Crippen molar-refractivity contribution >= 4 is 12.4 Å². The number of nitroso groups, excluding NO2 is 1. The van der Waals surface area contributed by atoms with Crippen LogP contribution in [0.2, 0.25) is 0 Å². The molecule has 3 aromatic rings. The van der Waals surface area contributed by atoms with E-state index in [-0.39, 0.29) is 12.1 Å². The molecule has 0 unspecified atom stereocenters. The summed E-state index contributed by atoms with van der Waals surface area (Å²) in [6.45, 7) is 7.26. The van der Waals surface area contributed by atoms with Gasteiger partial charge in [-0.1, -0.05) is 53.7 Å². The molecule has 0 aromatic heterocycles. The zero-order valence-electron chi connectivity index (χ0n) is 18.6. The Morgan fingerprint density at radius 2 is 1.73 bits per heavy atom. The summed E-state index contributed by atoms with van der Waals surface area (Å²) in [7, 11) is 0. The maximum absolute atomic E-state index is 14.2. The largest absolute Gasteiger partial charge is 0.491 e. The summed E-state index contributed by atoms with van der Waals surface area (Å²) in [5, 5.41) is 2.76. The van der Waals surface area contributed by atoms with Gasteiger partial charge in [0.2, 0.25) is 0 Å². The van der Waals surface area contributed by atoms with Crippen LogP contribution >= 0.6 is 0 Å². The van der Waals surface area contributed by atoms with Gasteiger partial charge < -0.3 is 4.74 Å². The number of benzene rings is 3. The first kappa shape index (κ1) is 22.8. The molecule has 5 nitrogen and oxygen atoms in total. The smallest absolute Gasteiger partial charge is 0.144 e. The highest BCUT2D eigenvalue weighted by Crippen LogP contribution is 2.34. The zero-order chi connectivity index (χ0) is 23.0. The predicted octanol–water partition coefficient (Wildman–Crippen LogP) is 6.38. The van der Waals surface area contributed by atoms with Gasteiger partial charge in [0.15, 0.2) is 0 Å². The second-order valence-corrected chi connectivity index (χ2v) is 8.45. The lowest BCUT2D eigenvalue weighted by Gasteiger charge is -2.32. The van der Waals surface area contributed by atoms with Crippen molar-refractivity contribution in [3.05, 3.63) is 88.6 Å². The molecule has 4 rings (SSSR count). The second-order valence-electron chi connectivity index (χ2n) is 8.45. The number of likely N-dealkylation sites (tertiary alicyclic amines) is 1. The molecule has 0 saturated carbocycles. The summed E-state index contributed by atoms with van der Waals surface area (Å²) in [5.74, 6) is 0.740. The molecule has 0 bridgehead atoms. The number of halogens is 1. The summed E-state index contributed by atoms with van der Waals surface area (Å²) in [6.07, 6.45) is 2.20. The van der Waals surface area contributed by atoms with Crippen LogP contribution in [0.4, 0.5) is 10.1 Å². The van der Waals surface area contributed by atoms with Crippen molar-refractivity contribution in [2.24, 2.45) is 16.1 Å². The molecule has 0 spiro atoms. The van der Waals surface area contributed by atoms with Crippen LogP contribution in [0.15, 0.2) is 76.9 Å². The summed E-state index contributed by atoms with van der Waals surface area (Å²) < 4.78 is 20.3. The molecule has 1 saturated heterocycles. The van der Waals surface area contributed by atoms with E-state index in [2.05, 4.69) is 46.1 Å². The van der Waals surface area contributed by atoms with Crippen molar-refractivity contribution in [1.29, 1.82) is 0 Å². The fourth-order valence-electron chi connectivity index (χ4n) is 4.23. The molecule has 33 heavy (non-hydrogen) atoms. The molecular weight excluding hydrogens is 417 g/mol. The summed E-state index contributed by atoms with van der Waals surface area (Å²) in [5.41, 5.74) is 3.77. The van der Waals surface area contributed by atoms with E-state index in [0.29, 0.717) is 29.5 Å². The third-order valence-electron chi connectivity index (χ3n) is 6.18. The van der Waals surface area contributed by atoms with Crippen molar-refractivity contribution in [3.8, 4) is 16.9 Å². The van der Waals surface area contributed by atoms with E-state index in [1.165, 1.54) is 11.6 Å². The second kappa shape index (κ2) is 11.0. The van der Waals surface area contributed by atoms with Crippen molar-refractivity contribution < 1.29 is 9.13 Å². The van der Waals surface area contributed by atoms with Gasteiger partial charge in [-0.3, -0.25) is 9.89 Å². The SMILES string of the molecule is C=Nc1cc(-c2ccc(CN=O)c(F)c2)ccc1OCC1CCN(Cc2ccccc2)CC1. The zero-order valence-corrected chi connectivity index (χ0v) is 18.6. The van der Waals surface area contributed by atoms with E-state index in [0.717, 1.165) is 38.0 Å². The summed E-state index contributed by atoms with van der Waals surface area (Å²) in [4.78, 5) is 17.0. The van der Waals surface area contributed by atoms with E-state index < -0.39 is 5.82 Å². The van der Waals surface area contributed by atoms with Crippen LogP contribution in [0, 0.1) is 16.6 Å². The Kier molecular flexibility index (Phi) is 7.58. The first-order valence-electron chi connectivity index (χ1n) is 11.2. The van der Waals surface area contributed by atoms with E-state index in [1.54, 1.807) is 12.1 Å². The molecular formula is C27H28FN3O2. The van der Waals surface area contributed by atoms with Crippen molar-refractivity contribution in [2.45, 2.75) is 25.9 Å². The van der Waals surface area contributed by atoms with Gasteiger partial charge in [-0.25, -0.2) is 4.39 Å². The average Bonchev–Trinajstić information content (AvgIpc) is 2.85. The molecule has 3 aromatic carbocycles. The van der Waals surface area contributed by atoms with Crippen molar-refractivity contribution in [1.82, 2.24) is 4.90 Å². The molecule has 0 radical (unpaired) electrons. The summed E-state index contributed by atoms with van der Waals surface area (Å²) in [6, 6.07) is 20.9. The van der Waals surface area contributed by atoms with Crippen LogP contribution in [-0.2, 0) is 13.1 Å². The lowest BCUT2D eigenvalue weighted by molar-refractivity contribution is 0.137. The number of rotatable bonds is 9. The Hall–Kier alpha value is -3.38. The number of hydrogen-bond donors (Lipinski definition) is 0. The minimum Gasteiger partial charge on any atom is -0.491 e. The molecule has 1 heterocycles. The van der Waals surface area contributed by atoms with Crippen molar-refractivity contribution in [2.75, 3.05) is 19.7 Å². The molecule has 0 N–H and O–H groups in total. The monoisotopic (exact) mass is 445 g/mol. The Morgan fingerprint density at radius 1 is 1.00 bits per heavy atom. The van der Waals surface area contributed by atoms with E-state index in [1.807, 2.05) is 24.3 Å². The van der Waals surface area contributed by atoms with Gasteiger partial charge in [0, 0.05) is 12.1 Å². The van der Waals surface area contributed by atoms with E-state index in [4.69, 9.17) is 4.74 Å². The lowest BCUT2D eigenvalue weighted by atomic mass is 9.97. The van der Waals surface area contributed by atoms with Crippen LogP contribution in [0.25, 0.3) is 11.1 Å². The minimum absolute atomic E-state index is 0.177. The highest BCUT2D eigenvalue weighted by Gasteiger charge is 2.20. The molecule has 1 fully saturated rings. The lowest BCUT2D eigenvalue weighted by Crippen LogP contribution is -2.35. The van der Waals surface area contributed by atoms with Gasteiger partial charge in [-0.05, 0) is 73.5 Å². The Morgan fingerprint density at radius 3 is 2.42 bits per heavy atom. The molecule has 0 amide bonds. The fourth-order valence-corrected chi connectivity index (χ4v) is 4.23. The van der Waals surface area contributed by atoms with Gasteiger partial charge in [-0.2, -0.15) is 4.91 Å². The number of piperidine rings is 1. The van der Waals surface area contributed by atoms with Gasteiger partial charge in [0.1, 0.15) is 23.8 Å². The van der Waals surface area contributed by atoms with E-state index >= 15 is 0 Å². The molecule has 0 atom stereocenters. The molecule has 1 aliphatic rings. The van der Waals surface area contributed by atoms with Gasteiger partial charge in [-0.15, -0.1) is 0 Å². The Bertz CT molecular complexity index is 1100. The molecule has 1 aliphatic heterocycles. The molecule has 170 valence electrons. The van der Waals surface area contributed by atoms with Crippen LogP contribution in [0.3, 0.4) is 0 Å². The standard InChI is InChI=1S/C27H28FN3O2/c1-29-26-16-23(22-7-8-24(17-30-32)25(28)15-22)9-10-27(26)33-19-21-11-13-31(14-12-21)18-20-5-3-2-4-6-20/h2-10,15-16,21H,1,11-14,17-19H2. The highest BCUT2D eigenvalue weighted by atomic mass is 19.1. The van der Waals surface area contributed by atoms with Crippen molar-refractivity contribution in [3.63, 3.8) is 0 Å². The van der Waals surface area contributed by atoms with Crippen LogP contribution < -0.4 is 4.74 Å². The van der Waals surface area contributed by atoms with Crippen LogP contribution in [0.1, 0.15) is 24.0 Å². The number of hydrogen-bond acceptors (Lipinski definition) is 5. The highest BCUT2D eigenvalue weighted by molar-refractivity contribution is 5.71. The van der Waals surface area contributed by atoms with Gasteiger partial charge in [0.05, 0.1) is 6.61 Å². The third kappa shape index (κ3) is 5.90. The maximum atomic E-state index is 14.2. The van der Waals surface area contributed by atoms with E-state index in [9.17, 15) is 9.30 Å². The fraction of sp³-hybridized carbons (Fsp3) is 0.296. The quantitative estimate of drug-likeness (QED) is 0.284. The predicted molar refractivity (Wildman–Crippen MR) is 130 cm³/mol. The summed E-state index contributed by atoms with van der Waals surface area (Å²) >= 11 is 0. The molecule has 0 aliphatic carbocycles. The Balaban J connectivity index is 1.34. The van der Waals surface area contributed by atoms with Crippen LogP contribution in [-0.4, -0.2) is 31.3 Å².